The molecule has 0 radical (unpaired) electrons. The van der Waals surface area contributed by atoms with Crippen LogP contribution in [0.3, 0.4) is 0 Å². The minimum absolute atomic E-state index is 0.0226. The van der Waals surface area contributed by atoms with Gasteiger partial charge in [0.05, 0.1) is 24.5 Å². The van der Waals surface area contributed by atoms with Gasteiger partial charge in [0.15, 0.2) is 0 Å². The van der Waals surface area contributed by atoms with Crippen LogP contribution in [-0.2, 0) is 6.54 Å². The van der Waals surface area contributed by atoms with Crippen LogP contribution in [0.4, 0.5) is 5.82 Å². The van der Waals surface area contributed by atoms with Crippen molar-refractivity contribution in [2.45, 2.75) is 27.3 Å². The summed E-state index contributed by atoms with van der Waals surface area (Å²) in [6.45, 7) is 8.18. The van der Waals surface area contributed by atoms with E-state index in [4.69, 9.17) is 4.99 Å². The summed E-state index contributed by atoms with van der Waals surface area (Å²) >= 11 is 3.63. The van der Waals surface area contributed by atoms with E-state index in [0.29, 0.717) is 0 Å². The van der Waals surface area contributed by atoms with Gasteiger partial charge in [0.2, 0.25) is 0 Å². The number of fused-ring (bicyclic) bond motifs is 1. The zero-order valence-corrected chi connectivity index (χ0v) is 14.9. The van der Waals surface area contributed by atoms with E-state index >= 15 is 0 Å². The third-order valence-corrected chi connectivity index (χ3v) is 4.29. The van der Waals surface area contributed by atoms with Gasteiger partial charge in [-0.05, 0) is 33.6 Å². The van der Waals surface area contributed by atoms with Crippen LogP contribution in [0.5, 0.6) is 0 Å². The monoisotopic (exact) mass is 361 g/mol. The summed E-state index contributed by atoms with van der Waals surface area (Å²) in [5.41, 5.74) is 4.37. The molecule has 1 N–H and O–H groups in total. The minimum Gasteiger partial charge on any atom is -0.373 e. The number of pyridine rings is 1. The second-order valence-corrected chi connectivity index (χ2v) is 7.15. The van der Waals surface area contributed by atoms with Crippen molar-refractivity contribution in [1.29, 1.82) is 0 Å². The lowest BCUT2D eigenvalue weighted by atomic mass is 9.85. The van der Waals surface area contributed by atoms with Crippen molar-refractivity contribution >= 4 is 27.5 Å². The molecule has 0 fully saturated rings. The first-order valence-electron chi connectivity index (χ1n) is 7.37. The number of anilines is 1. The highest BCUT2D eigenvalue weighted by Gasteiger charge is 2.31. The fourth-order valence-corrected chi connectivity index (χ4v) is 3.35. The number of aliphatic imine (C=N–C) groups is 1. The molecular weight excluding hydrogens is 342 g/mol. The molecule has 0 aromatic carbocycles. The standard InChI is InChI=1S/C16H20BrN5/c1-16(2,3)14-13-12(10-5-6-19-11(9-10)18-4)15(17)21-22(13)8-7-20-14/h5-6,9H,7-8H2,1-4H3,(H,18,19). The van der Waals surface area contributed by atoms with Crippen LogP contribution in [0, 0.1) is 5.41 Å². The Hall–Kier alpha value is -1.69. The maximum Gasteiger partial charge on any atom is 0.136 e. The van der Waals surface area contributed by atoms with Crippen LogP contribution in [0.25, 0.3) is 11.1 Å². The van der Waals surface area contributed by atoms with Gasteiger partial charge in [-0.15, -0.1) is 0 Å². The van der Waals surface area contributed by atoms with Crippen LogP contribution >= 0.6 is 15.9 Å². The predicted octanol–water partition coefficient (Wildman–Crippen LogP) is 3.60. The largest absolute Gasteiger partial charge is 0.373 e. The third kappa shape index (κ3) is 2.56. The van der Waals surface area contributed by atoms with Gasteiger partial charge in [0.1, 0.15) is 10.4 Å². The summed E-state index contributed by atoms with van der Waals surface area (Å²) in [6.07, 6.45) is 1.81. The van der Waals surface area contributed by atoms with Crippen molar-refractivity contribution in [2.24, 2.45) is 10.4 Å². The number of hydrogen-bond donors (Lipinski definition) is 1. The van der Waals surface area contributed by atoms with E-state index in [1.807, 2.05) is 25.4 Å². The summed E-state index contributed by atoms with van der Waals surface area (Å²) < 4.78 is 2.92. The zero-order chi connectivity index (χ0) is 15.9. The Morgan fingerprint density at radius 1 is 1.32 bits per heavy atom. The number of nitrogens with one attached hydrogen (secondary N) is 1. The van der Waals surface area contributed by atoms with Gasteiger partial charge in [-0.25, -0.2) is 4.98 Å². The highest BCUT2D eigenvalue weighted by atomic mass is 79.9. The van der Waals surface area contributed by atoms with E-state index in [1.54, 1.807) is 0 Å². The summed E-state index contributed by atoms with van der Waals surface area (Å²) in [7, 11) is 1.87. The van der Waals surface area contributed by atoms with E-state index < -0.39 is 0 Å². The van der Waals surface area contributed by atoms with Crippen molar-refractivity contribution in [1.82, 2.24) is 14.8 Å². The number of hydrogen-bond acceptors (Lipinski definition) is 4. The Kier molecular flexibility index (Phi) is 3.80. The molecule has 5 nitrogen and oxygen atoms in total. The quantitative estimate of drug-likeness (QED) is 0.888. The van der Waals surface area contributed by atoms with Gasteiger partial charge in [0, 0.05) is 24.2 Å². The van der Waals surface area contributed by atoms with Gasteiger partial charge in [-0.1, -0.05) is 20.8 Å². The second-order valence-electron chi connectivity index (χ2n) is 6.40. The molecule has 1 aliphatic heterocycles. The summed E-state index contributed by atoms with van der Waals surface area (Å²) in [6, 6.07) is 4.05. The Morgan fingerprint density at radius 2 is 2.09 bits per heavy atom. The fourth-order valence-electron chi connectivity index (χ4n) is 2.74. The van der Waals surface area contributed by atoms with Crippen molar-refractivity contribution < 1.29 is 0 Å². The van der Waals surface area contributed by atoms with Gasteiger partial charge in [-0.3, -0.25) is 9.67 Å². The zero-order valence-electron chi connectivity index (χ0n) is 13.3. The van der Waals surface area contributed by atoms with Gasteiger partial charge in [-0.2, -0.15) is 5.10 Å². The van der Waals surface area contributed by atoms with Crippen LogP contribution < -0.4 is 5.32 Å². The number of rotatable bonds is 2. The maximum atomic E-state index is 4.79. The average Bonchev–Trinajstić information content (AvgIpc) is 2.81. The number of halogens is 1. The van der Waals surface area contributed by atoms with E-state index in [9.17, 15) is 0 Å². The van der Waals surface area contributed by atoms with Crippen LogP contribution in [0.1, 0.15) is 26.5 Å². The molecule has 2 aromatic rings. The Bertz CT molecular complexity index is 739. The molecule has 6 heteroatoms. The lowest BCUT2D eigenvalue weighted by molar-refractivity contribution is 0.544. The lowest BCUT2D eigenvalue weighted by Gasteiger charge is -2.26. The molecule has 116 valence electrons. The molecule has 0 unspecified atom stereocenters. The van der Waals surface area contributed by atoms with E-state index in [2.05, 4.69) is 56.8 Å². The normalized spacial score (nSPS) is 14.5. The number of nitrogens with zero attached hydrogens (tertiary/aromatic N) is 4. The van der Waals surface area contributed by atoms with Crippen molar-refractivity contribution in [3.05, 3.63) is 28.6 Å². The summed E-state index contributed by atoms with van der Waals surface area (Å²) in [5.74, 6) is 0.842. The Balaban J connectivity index is 2.22. The Morgan fingerprint density at radius 3 is 2.77 bits per heavy atom. The molecule has 0 saturated carbocycles. The molecular formula is C16H20BrN5. The molecule has 0 atom stereocenters. The van der Waals surface area contributed by atoms with E-state index in [-0.39, 0.29) is 5.41 Å². The van der Waals surface area contributed by atoms with Crippen LogP contribution in [-0.4, -0.2) is 34.1 Å². The van der Waals surface area contributed by atoms with E-state index in [0.717, 1.165) is 46.0 Å². The van der Waals surface area contributed by atoms with Crippen molar-refractivity contribution in [3.63, 3.8) is 0 Å². The first kappa shape index (κ1) is 15.2. The smallest absolute Gasteiger partial charge is 0.136 e. The SMILES string of the molecule is CNc1cc(-c2c(Br)nn3c2C(C(C)(C)C)=NCC3)ccn1. The highest BCUT2D eigenvalue weighted by molar-refractivity contribution is 9.10. The predicted molar refractivity (Wildman–Crippen MR) is 93.6 cm³/mol. The van der Waals surface area contributed by atoms with Gasteiger partial charge < -0.3 is 5.32 Å². The first-order valence-corrected chi connectivity index (χ1v) is 8.17. The van der Waals surface area contributed by atoms with Crippen LogP contribution in [0.2, 0.25) is 0 Å². The van der Waals surface area contributed by atoms with Crippen molar-refractivity contribution in [3.8, 4) is 11.1 Å². The maximum absolute atomic E-state index is 4.79. The highest BCUT2D eigenvalue weighted by Crippen LogP contribution is 2.37. The molecule has 22 heavy (non-hydrogen) atoms. The number of aromatic nitrogens is 3. The molecule has 0 amide bonds. The molecule has 3 heterocycles. The summed E-state index contributed by atoms with van der Waals surface area (Å²) in [4.78, 5) is 9.08. The van der Waals surface area contributed by atoms with Crippen molar-refractivity contribution in [2.75, 3.05) is 18.9 Å². The van der Waals surface area contributed by atoms with Crippen LogP contribution in [0.15, 0.2) is 27.9 Å². The minimum atomic E-state index is -0.0226. The molecule has 0 bridgehead atoms. The fraction of sp³-hybridized carbons (Fsp3) is 0.438. The van der Waals surface area contributed by atoms with E-state index in [1.165, 1.54) is 0 Å². The molecule has 2 aromatic heterocycles. The molecule has 0 spiro atoms. The molecule has 1 aliphatic rings. The summed E-state index contributed by atoms with van der Waals surface area (Å²) in [5, 5.41) is 7.74. The van der Waals surface area contributed by atoms with Gasteiger partial charge >= 0.3 is 0 Å². The third-order valence-electron chi connectivity index (χ3n) is 3.73. The topological polar surface area (TPSA) is 55.1 Å². The molecule has 0 saturated heterocycles. The molecule has 3 rings (SSSR count). The average molecular weight is 362 g/mol. The lowest BCUT2D eigenvalue weighted by Crippen LogP contribution is -2.29. The van der Waals surface area contributed by atoms with Gasteiger partial charge in [0.25, 0.3) is 0 Å². The Labute approximate surface area is 139 Å². The second kappa shape index (κ2) is 5.50. The molecule has 0 aliphatic carbocycles. The first-order chi connectivity index (χ1) is 10.4.